The molecule has 1 saturated carbocycles. The molecule has 2 heterocycles. The van der Waals surface area contributed by atoms with Gasteiger partial charge in [0, 0.05) is 31.7 Å². The second-order valence-electron chi connectivity index (χ2n) is 10.7. The van der Waals surface area contributed by atoms with Crippen molar-refractivity contribution in [2.24, 2.45) is 5.92 Å². The van der Waals surface area contributed by atoms with Crippen LogP contribution in [0.2, 0.25) is 0 Å². The maximum atomic E-state index is 14.6. The molecule has 0 unspecified atom stereocenters. The number of piperazine rings is 1. The lowest BCUT2D eigenvalue weighted by atomic mass is 9.93. The number of aliphatic hydroxyl groups is 1. The van der Waals surface area contributed by atoms with Crippen molar-refractivity contribution in [3.05, 3.63) is 47.2 Å². The molecule has 1 aromatic heterocycles. The van der Waals surface area contributed by atoms with Crippen LogP contribution in [0.5, 0.6) is 5.75 Å². The molecule has 8 nitrogen and oxygen atoms in total. The van der Waals surface area contributed by atoms with Crippen LogP contribution in [-0.2, 0) is 4.79 Å². The number of hydrogen-bond donors (Lipinski definition) is 2. The Hall–Kier alpha value is -2.99. The van der Waals surface area contributed by atoms with Crippen LogP contribution in [-0.4, -0.2) is 71.5 Å². The van der Waals surface area contributed by atoms with Crippen LogP contribution in [0.4, 0.5) is 23.4 Å². The van der Waals surface area contributed by atoms with Crippen LogP contribution in [0.15, 0.2) is 24.5 Å². The zero-order valence-corrected chi connectivity index (χ0v) is 21.8. The lowest BCUT2D eigenvalue weighted by Gasteiger charge is -2.38. The first kappa shape index (κ1) is 27.6. The molecule has 1 amide bonds. The van der Waals surface area contributed by atoms with Gasteiger partial charge in [0.15, 0.2) is 11.6 Å². The number of ether oxygens (including phenoxy) is 1. The third kappa shape index (κ3) is 6.43. The third-order valence-electron chi connectivity index (χ3n) is 7.79. The number of halogens is 4. The average Bonchev–Trinajstić information content (AvgIpc) is 3.68. The van der Waals surface area contributed by atoms with Crippen molar-refractivity contribution >= 4 is 11.7 Å². The molecule has 3 aliphatic rings. The predicted molar refractivity (Wildman–Crippen MR) is 135 cm³/mol. The fourth-order valence-electron chi connectivity index (χ4n) is 5.56. The van der Waals surface area contributed by atoms with Gasteiger partial charge in [-0.05, 0) is 68.3 Å². The lowest BCUT2D eigenvalue weighted by molar-refractivity contribution is -0.275. The first-order valence-electron chi connectivity index (χ1n) is 13.4. The molecule has 212 valence electrons. The van der Waals surface area contributed by atoms with E-state index in [-0.39, 0.29) is 11.8 Å². The maximum Gasteiger partial charge on any atom is 0.573 e. The summed E-state index contributed by atoms with van der Waals surface area (Å²) in [5, 5.41) is 13.7. The molecule has 5 rings (SSSR count). The van der Waals surface area contributed by atoms with E-state index in [1.807, 2.05) is 6.92 Å². The molecule has 2 aliphatic carbocycles. The molecule has 2 aromatic rings. The Morgan fingerprint density at radius 1 is 1.21 bits per heavy atom. The Kier molecular flexibility index (Phi) is 7.95. The van der Waals surface area contributed by atoms with Crippen molar-refractivity contribution < 1.29 is 32.2 Å². The number of nitrogens with one attached hydrogen (secondary N) is 1. The van der Waals surface area contributed by atoms with Crippen molar-refractivity contribution in [1.82, 2.24) is 20.2 Å². The summed E-state index contributed by atoms with van der Waals surface area (Å²) in [4.78, 5) is 26.2. The van der Waals surface area contributed by atoms with Crippen molar-refractivity contribution in [2.75, 3.05) is 44.2 Å². The molecular formula is C27H33F4N5O3. The zero-order valence-electron chi connectivity index (χ0n) is 21.8. The maximum absolute atomic E-state index is 14.6. The normalized spacial score (nSPS) is 22.1. The second-order valence-corrected chi connectivity index (χ2v) is 10.7. The Morgan fingerprint density at radius 2 is 1.95 bits per heavy atom. The number of carbonyl (C=O) groups is 1. The van der Waals surface area contributed by atoms with E-state index in [0.717, 1.165) is 30.1 Å². The van der Waals surface area contributed by atoms with Gasteiger partial charge in [-0.25, -0.2) is 14.4 Å². The largest absolute Gasteiger partial charge is 0.573 e. The van der Waals surface area contributed by atoms with Crippen LogP contribution in [0.25, 0.3) is 0 Å². The van der Waals surface area contributed by atoms with E-state index in [1.165, 1.54) is 25.2 Å². The van der Waals surface area contributed by atoms with E-state index in [2.05, 4.69) is 24.9 Å². The molecule has 12 heteroatoms. The monoisotopic (exact) mass is 551 g/mol. The highest BCUT2D eigenvalue weighted by Crippen LogP contribution is 2.43. The molecule has 2 N–H and O–H groups in total. The molecular weight excluding hydrogens is 518 g/mol. The van der Waals surface area contributed by atoms with E-state index in [0.29, 0.717) is 62.7 Å². The third-order valence-corrected chi connectivity index (χ3v) is 7.79. The van der Waals surface area contributed by atoms with Gasteiger partial charge in [-0.2, -0.15) is 0 Å². The van der Waals surface area contributed by atoms with E-state index < -0.39 is 30.0 Å². The molecule has 0 radical (unpaired) electrons. The summed E-state index contributed by atoms with van der Waals surface area (Å²) in [6.07, 6.45) is -0.819. The van der Waals surface area contributed by atoms with Crippen molar-refractivity contribution in [2.45, 2.75) is 56.9 Å². The smallest absolute Gasteiger partial charge is 0.403 e. The summed E-state index contributed by atoms with van der Waals surface area (Å²) in [5.74, 6) is -1.44. The highest BCUT2D eigenvalue weighted by Gasteiger charge is 2.36. The van der Waals surface area contributed by atoms with Gasteiger partial charge in [-0.15, -0.1) is 13.2 Å². The van der Waals surface area contributed by atoms with Gasteiger partial charge >= 0.3 is 6.36 Å². The summed E-state index contributed by atoms with van der Waals surface area (Å²) < 4.78 is 56.2. The number of amides is 1. The van der Waals surface area contributed by atoms with E-state index in [9.17, 15) is 27.5 Å². The van der Waals surface area contributed by atoms with E-state index >= 15 is 0 Å². The molecule has 0 spiro atoms. The molecule has 1 saturated heterocycles. The zero-order chi connectivity index (χ0) is 27.7. The number of rotatable bonds is 9. The number of alkyl halides is 3. The first-order chi connectivity index (χ1) is 18.6. The molecule has 3 atom stereocenters. The minimum atomic E-state index is -5.01. The Balaban J connectivity index is 1.28. The first-order valence-corrected chi connectivity index (χ1v) is 13.4. The lowest BCUT2D eigenvalue weighted by Crippen LogP contribution is -2.50. The Labute approximate surface area is 224 Å². The fourth-order valence-corrected chi connectivity index (χ4v) is 5.56. The van der Waals surface area contributed by atoms with E-state index in [1.54, 1.807) is 4.90 Å². The minimum Gasteiger partial charge on any atom is -0.403 e. The number of nitrogens with zero attached hydrogens (tertiary/aromatic N) is 4. The van der Waals surface area contributed by atoms with Crippen molar-refractivity contribution in [1.29, 1.82) is 0 Å². The van der Waals surface area contributed by atoms with Gasteiger partial charge in [0.1, 0.15) is 12.1 Å². The number of aromatic nitrogens is 2. The Morgan fingerprint density at radius 3 is 2.62 bits per heavy atom. The number of fused-ring (bicyclic) bond motifs is 1. The summed E-state index contributed by atoms with van der Waals surface area (Å²) in [6, 6.07) is 3.23. The molecule has 2 fully saturated rings. The minimum absolute atomic E-state index is 0.123. The molecule has 0 bridgehead atoms. The van der Waals surface area contributed by atoms with Gasteiger partial charge in [0.2, 0.25) is 5.91 Å². The number of benzene rings is 1. The average molecular weight is 552 g/mol. The number of carbonyl (C=O) groups excluding carboxylic acids is 1. The van der Waals surface area contributed by atoms with Crippen molar-refractivity contribution in [3.63, 3.8) is 0 Å². The number of hydrogen-bond acceptors (Lipinski definition) is 7. The quantitative estimate of drug-likeness (QED) is 0.361. The van der Waals surface area contributed by atoms with Gasteiger partial charge in [0.25, 0.3) is 0 Å². The number of aliphatic hydroxyl groups excluding tert-OH is 1. The van der Waals surface area contributed by atoms with Crippen LogP contribution in [0.3, 0.4) is 0 Å². The second kappa shape index (κ2) is 11.2. The van der Waals surface area contributed by atoms with Gasteiger partial charge in [0.05, 0.1) is 17.7 Å². The summed E-state index contributed by atoms with van der Waals surface area (Å²) in [7, 11) is 0. The summed E-state index contributed by atoms with van der Waals surface area (Å²) in [5.41, 5.74) is 1.92. The molecule has 39 heavy (non-hydrogen) atoms. The van der Waals surface area contributed by atoms with Gasteiger partial charge in [-0.1, -0.05) is 13.0 Å². The molecule has 1 aliphatic heterocycles. The molecule has 1 aromatic carbocycles. The predicted octanol–water partition coefficient (Wildman–Crippen LogP) is 3.88. The van der Waals surface area contributed by atoms with Crippen LogP contribution in [0, 0.1) is 11.7 Å². The van der Waals surface area contributed by atoms with Gasteiger partial charge < -0.3 is 25.0 Å². The Bertz CT molecular complexity index is 1180. The van der Waals surface area contributed by atoms with Crippen LogP contribution in [0.1, 0.15) is 67.4 Å². The van der Waals surface area contributed by atoms with E-state index in [4.69, 9.17) is 0 Å². The van der Waals surface area contributed by atoms with Crippen LogP contribution < -0.4 is 15.0 Å². The number of anilines is 1. The summed E-state index contributed by atoms with van der Waals surface area (Å²) >= 11 is 0. The highest BCUT2D eigenvalue weighted by molar-refractivity contribution is 5.84. The van der Waals surface area contributed by atoms with Crippen LogP contribution >= 0.6 is 0 Å². The van der Waals surface area contributed by atoms with Crippen molar-refractivity contribution in [3.8, 4) is 5.75 Å². The van der Waals surface area contributed by atoms with Gasteiger partial charge in [-0.3, -0.25) is 4.79 Å². The topological polar surface area (TPSA) is 90.8 Å². The standard InChI is InChI=1S/C27H33F4N5O3/c1-16-12-21(37)24-23(16)25(34-15-33-24)35-8-10-36(11-9-35)26(38)19(6-7-32-14-17-2-3-17)18-4-5-22(20(28)13-18)39-27(29,30)31/h4-5,13,15-17,19,21,32,37H,2-3,6-12,14H2,1H3/t16-,19-,21-/m1/s1. The SMILES string of the molecule is C[C@@H]1C[C@@H](O)c2ncnc(N3CCN(C(=O)[C@H](CCNCC4CC4)c4ccc(OC(F)(F)F)c(F)c4)CC3)c21. The summed E-state index contributed by atoms with van der Waals surface area (Å²) in [6.45, 7) is 5.30. The highest BCUT2D eigenvalue weighted by atomic mass is 19.4. The fraction of sp³-hybridized carbons (Fsp3) is 0.593.